The second-order valence-corrected chi connectivity index (χ2v) is 6.42. The monoisotopic (exact) mass is 300 g/mol. The lowest BCUT2D eigenvalue weighted by Crippen LogP contribution is -2.39. The van der Waals surface area contributed by atoms with E-state index in [2.05, 4.69) is 10.3 Å². The molecule has 1 atom stereocenters. The van der Waals surface area contributed by atoms with E-state index in [0.29, 0.717) is 18.4 Å². The Kier molecular flexibility index (Phi) is 4.92. The molecule has 0 spiro atoms. The number of rotatable bonds is 6. The first-order chi connectivity index (χ1) is 9.50. The molecule has 1 saturated heterocycles. The Morgan fingerprint density at radius 3 is 2.80 bits per heavy atom. The normalized spacial score (nSPS) is 19.2. The van der Waals surface area contributed by atoms with Crippen molar-refractivity contribution in [3.8, 4) is 0 Å². The lowest BCUT2D eigenvalue weighted by molar-refractivity contribution is 0.300. The van der Waals surface area contributed by atoms with Gasteiger partial charge in [-0.1, -0.05) is 0 Å². The molecule has 1 aromatic rings. The first-order valence-corrected chi connectivity index (χ1v) is 8.13. The Labute approximate surface area is 118 Å². The number of nitrogens with zero attached hydrogens (tertiary/aromatic N) is 2. The summed E-state index contributed by atoms with van der Waals surface area (Å²) in [6.45, 7) is 2.23. The average Bonchev–Trinajstić information content (AvgIpc) is 2.90. The first-order valence-electron chi connectivity index (χ1n) is 6.59. The highest BCUT2D eigenvalue weighted by molar-refractivity contribution is 7.89. The van der Waals surface area contributed by atoms with Gasteiger partial charge in [0.2, 0.25) is 10.0 Å². The summed E-state index contributed by atoms with van der Waals surface area (Å²) in [6.07, 6.45) is 3.49. The van der Waals surface area contributed by atoms with Gasteiger partial charge in [0, 0.05) is 25.3 Å². The minimum absolute atomic E-state index is 0.0100. The number of pyridine rings is 1. The summed E-state index contributed by atoms with van der Waals surface area (Å²) in [6, 6.07) is 3.43. The van der Waals surface area contributed by atoms with Crippen LogP contribution in [0.25, 0.3) is 0 Å². The molecule has 2 rings (SSSR count). The fraction of sp³-hybridized carbons (Fsp3) is 0.583. The summed E-state index contributed by atoms with van der Waals surface area (Å²) in [5, 5.41) is 17.6. The van der Waals surface area contributed by atoms with Gasteiger partial charge in [0.15, 0.2) is 0 Å². The van der Waals surface area contributed by atoms with Crippen molar-refractivity contribution >= 4 is 15.8 Å². The van der Waals surface area contributed by atoms with E-state index in [9.17, 15) is 8.42 Å². The SMILES string of the molecule is NS(=O)(=O)c1ccc(N(CCO)CC2CCCN2)nc1. The van der Waals surface area contributed by atoms with Crippen molar-refractivity contribution in [1.29, 1.82) is 0 Å². The lowest BCUT2D eigenvalue weighted by atomic mass is 10.2. The van der Waals surface area contributed by atoms with Crippen LogP contribution in [0.4, 0.5) is 5.82 Å². The summed E-state index contributed by atoms with van der Waals surface area (Å²) < 4.78 is 22.4. The second-order valence-electron chi connectivity index (χ2n) is 4.86. The van der Waals surface area contributed by atoms with E-state index in [4.69, 9.17) is 10.2 Å². The van der Waals surface area contributed by atoms with Gasteiger partial charge in [0.25, 0.3) is 0 Å². The molecule has 112 valence electrons. The zero-order chi connectivity index (χ0) is 14.6. The standard InChI is InChI=1S/C12H20N4O3S/c13-20(18,19)11-3-4-12(15-8-11)16(6-7-17)9-10-2-1-5-14-10/h3-4,8,10,14,17H,1-2,5-7,9H2,(H2,13,18,19). The van der Waals surface area contributed by atoms with Gasteiger partial charge in [-0.05, 0) is 31.5 Å². The van der Waals surface area contributed by atoms with Crippen LogP contribution in [0.15, 0.2) is 23.2 Å². The molecule has 0 aliphatic carbocycles. The number of hydrogen-bond acceptors (Lipinski definition) is 6. The third-order valence-corrected chi connectivity index (χ3v) is 4.24. The van der Waals surface area contributed by atoms with E-state index in [1.165, 1.54) is 12.3 Å². The minimum atomic E-state index is -3.72. The predicted molar refractivity (Wildman–Crippen MR) is 75.9 cm³/mol. The van der Waals surface area contributed by atoms with Gasteiger partial charge in [0.05, 0.1) is 6.61 Å². The number of aliphatic hydroxyl groups excluding tert-OH is 1. The van der Waals surface area contributed by atoms with Crippen LogP contribution in [0.1, 0.15) is 12.8 Å². The number of sulfonamides is 1. The molecule has 0 aromatic carbocycles. The van der Waals surface area contributed by atoms with Gasteiger partial charge in [-0.2, -0.15) is 0 Å². The largest absolute Gasteiger partial charge is 0.395 e. The fourth-order valence-corrected chi connectivity index (χ4v) is 2.78. The molecule has 1 fully saturated rings. The molecular weight excluding hydrogens is 280 g/mol. The van der Waals surface area contributed by atoms with Crippen LogP contribution < -0.4 is 15.4 Å². The molecule has 0 amide bonds. The van der Waals surface area contributed by atoms with Crippen LogP contribution in [0, 0.1) is 0 Å². The quantitative estimate of drug-likeness (QED) is 0.640. The third kappa shape index (κ3) is 3.89. The third-order valence-electron chi connectivity index (χ3n) is 3.35. The highest BCUT2D eigenvalue weighted by Crippen LogP contribution is 2.16. The van der Waals surface area contributed by atoms with Gasteiger partial charge < -0.3 is 15.3 Å². The molecule has 8 heteroatoms. The van der Waals surface area contributed by atoms with Crippen molar-refractivity contribution in [2.24, 2.45) is 5.14 Å². The van der Waals surface area contributed by atoms with E-state index in [1.54, 1.807) is 6.07 Å². The van der Waals surface area contributed by atoms with Crippen molar-refractivity contribution < 1.29 is 13.5 Å². The molecule has 1 unspecified atom stereocenters. The van der Waals surface area contributed by atoms with Crippen molar-refractivity contribution in [2.45, 2.75) is 23.8 Å². The highest BCUT2D eigenvalue weighted by atomic mass is 32.2. The molecule has 2 heterocycles. The Bertz CT molecular complexity index is 526. The molecule has 4 N–H and O–H groups in total. The number of aliphatic hydroxyl groups is 1. The van der Waals surface area contributed by atoms with Crippen LogP contribution in [0.5, 0.6) is 0 Å². The highest BCUT2D eigenvalue weighted by Gasteiger charge is 2.19. The zero-order valence-electron chi connectivity index (χ0n) is 11.2. The topological polar surface area (TPSA) is 109 Å². The number of anilines is 1. The number of nitrogens with one attached hydrogen (secondary N) is 1. The molecule has 1 aliphatic rings. The van der Waals surface area contributed by atoms with Crippen molar-refractivity contribution in [1.82, 2.24) is 10.3 Å². The molecule has 0 bridgehead atoms. The fourth-order valence-electron chi connectivity index (χ4n) is 2.33. The van der Waals surface area contributed by atoms with Crippen LogP contribution >= 0.6 is 0 Å². The molecule has 1 aromatic heterocycles. The smallest absolute Gasteiger partial charge is 0.239 e. The number of aromatic nitrogens is 1. The summed E-state index contributed by atoms with van der Waals surface area (Å²) >= 11 is 0. The second kappa shape index (κ2) is 6.49. The molecule has 7 nitrogen and oxygen atoms in total. The lowest BCUT2D eigenvalue weighted by Gasteiger charge is -2.26. The Morgan fingerprint density at radius 2 is 2.30 bits per heavy atom. The van der Waals surface area contributed by atoms with Crippen LogP contribution in [-0.2, 0) is 10.0 Å². The molecular formula is C12H20N4O3S. The van der Waals surface area contributed by atoms with Crippen molar-refractivity contribution in [3.63, 3.8) is 0 Å². The van der Waals surface area contributed by atoms with Crippen LogP contribution in [0.2, 0.25) is 0 Å². The van der Waals surface area contributed by atoms with Gasteiger partial charge in [-0.15, -0.1) is 0 Å². The van der Waals surface area contributed by atoms with Gasteiger partial charge in [-0.3, -0.25) is 0 Å². The number of hydrogen-bond donors (Lipinski definition) is 3. The molecule has 20 heavy (non-hydrogen) atoms. The molecule has 0 saturated carbocycles. The zero-order valence-corrected chi connectivity index (χ0v) is 12.0. The van der Waals surface area contributed by atoms with Crippen molar-refractivity contribution in [2.75, 3.05) is 31.1 Å². The van der Waals surface area contributed by atoms with Gasteiger partial charge in [0.1, 0.15) is 10.7 Å². The maximum Gasteiger partial charge on any atom is 0.239 e. The van der Waals surface area contributed by atoms with Crippen molar-refractivity contribution in [3.05, 3.63) is 18.3 Å². The van der Waals surface area contributed by atoms with Gasteiger partial charge in [-0.25, -0.2) is 18.5 Å². The minimum Gasteiger partial charge on any atom is -0.395 e. The van der Waals surface area contributed by atoms with E-state index >= 15 is 0 Å². The number of nitrogens with two attached hydrogens (primary N) is 1. The van der Waals surface area contributed by atoms with Gasteiger partial charge >= 0.3 is 0 Å². The Hall–Kier alpha value is -1.22. The van der Waals surface area contributed by atoms with Crippen LogP contribution in [-0.4, -0.2) is 50.8 Å². The summed E-state index contributed by atoms with van der Waals surface area (Å²) in [5.74, 6) is 0.639. The molecule has 1 aliphatic heterocycles. The Morgan fingerprint density at radius 1 is 1.50 bits per heavy atom. The van der Waals surface area contributed by atoms with E-state index in [-0.39, 0.29) is 11.5 Å². The summed E-state index contributed by atoms with van der Waals surface area (Å²) in [4.78, 5) is 6.06. The first kappa shape index (κ1) is 15.2. The Balaban J connectivity index is 2.12. The van der Waals surface area contributed by atoms with Crippen LogP contribution in [0.3, 0.4) is 0 Å². The summed E-state index contributed by atoms with van der Waals surface area (Å²) in [5.41, 5.74) is 0. The molecule has 0 radical (unpaired) electrons. The van der Waals surface area contributed by atoms with E-state index < -0.39 is 10.0 Å². The van der Waals surface area contributed by atoms with E-state index in [0.717, 1.165) is 25.9 Å². The van der Waals surface area contributed by atoms with E-state index in [1.807, 2.05) is 4.90 Å². The predicted octanol–water partition coefficient (Wildman–Crippen LogP) is -0.720. The maximum absolute atomic E-state index is 11.2. The maximum atomic E-state index is 11.2. The summed E-state index contributed by atoms with van der Waals surface area (Å²) in [7, 11) is -3.72. The average molecular weight is 300 g/mol. The number of primary sulfonamides is 1.